The Labute approximate surface area is 192 Å². The van der Waals surface area contributed by atoms with Gasteiger partial charge in [0.15, 0.2) is 5.16 Å². The molecule has 3 heterocycles. The van der Waals surface area contributed by atoms with E-state index in [1.807, 2.05) is 22.9 Å². The third-order valence-corrected chi connectivity index (χ3v) is 7.35. The minimum atomic E-state index is -4.58. The molecule has 0 fully saturated rings. The number of thiophene rings is 2. The Hall–Kier alpha value is -2.63. The molecule has 0 saturated heterocycles. The third kappa shape index (κ3) is 4.45. The van der Waals surface area contributed by atoms with E-state index >= 15 is 0 Å². The van der Waals surface area contributed by atoms with Gasteiger partial charge < -0.3 is 5.32 Å². The zero-order chi connectivity index (χ0) is 22.9. The van der Waals surface area contributed by atoms with Crippen LogP contribution in [0.1, 0.15) is 12.5 Å². The number of nitrogens with one attached hydrogen (secondary N) is 1. The molecular weight excluding hydrogens is 479 g/mol. The topological polar surface area (TPSA) is 64.0 Å². The highest BCUT2D eigenvalue weighted by atomic mass is 32.2. The van der Waals surface area contributed by atoms with Crippen LogP contribution in [0.2, 0.25) is 0 Å². The predicted molar refractivity (Wildman–Crippen MR) is 124 cm³/mol. The van der Waals surface area contributed by atoms with Crippen molar-refractivity contribution in [1.29, 1.82) is 0 Å². The number of carbonyl (C=O) groups excluding carboxylic acids is 1. The fourth-order valence-corrected chi connectivity index (χ4v) is 5.83. The number of nitrogens with zero attached hydrogens (tertiary/aromatic N) is 2. The maximum Gasteiger partial charge on any atom is 0.418 e. The van der Waals surface area contributed by atoms with Gasteiger partial charge in [0.1, 0.15) is 4.83 Å². The first-order valence-electron chi connectivity index (χ1n) is 9.44. The second-order valence-electron chi connectivity index (χ2n) is 6.63. The first kappa shape index (κ1) is 22.6. The van der Waals surface area contributed by atoms with Crippen LogP contribution in [0.25, 0.3) is 20.7 Å². The van der Waals surface area contributed by atoms with Gasteiger partial charge in [-0.15, -0.1) is 22.7 Å². The lowest BCUT2D eigenvalue weighted by atomic mass is 10.1. The van der Waals surface area contributed by atoms with Gasteiger partial charge in [0.05, 0.1) is 22.4 Å². The molecule has 1 amide bonds. The van der Waals surface area contributed by atoms with E-state index in [2.05, 4.69) is 10.3 Å². The average molecular weight is 496 g/mol. The Morgan fingerprint density at radius 1 is 1.19 bits per heavy atom. The molecule has 0 aliphatic rings. The molecule has 0 saturated carbocycles. The van der Waals surface area contributed by atoms with Crippen molar-refractivity contribution in [3.8, 4) is 10.4 Å². The Balaban J connectivity index is 1.58. The summed E-state index contributed by atoms with van der Waals surface area (Å²) in [5.74, 6) is -0.804. The highest BCUT2D eigenvalue weighted by Crippen LogP contribution is 2.36. The molecule has 4 rings (SSSR count). The Morgan fingerprint density at radius 3 is 2.66 bits per heavy atom. The number of benzene rings is 1. The van der Waals surface area contributed by atoms with E-state index in [4.69, 9.17) is 0 Å². The maximum absolute atomic E-state index is 13.1. The molecule has 0 spiro atoms. The normalized spacial score (nSPS) is 11.8. The van der Waals surface area contributed by atoms with Gasteiger partial charge in [-0.05, 0) is 30.5 Å². The van der Waals surface area contributed by atoms with Gasteiger partial charge in [-0.25, -0.2) is 4.98 Å². The first-order chi connectivity index (χ1) is 15.3. The monoisotopic (exact) mass is 495 g/mol. The van der Waals surface area contributed by atoms with Crippen molar-refractivity contribution in [2.75, 3.05) is 11.1 Å². The molecule has 0 atom stereocenters. The van der Waals surface area contributed by atoms with Crippen molar-refractivity contribution in [2.24, 2.45) is 0 Å². The van der Waals surface area contributed by atoms with Gasteiger partial charge in [0, 0.05) is 22.4 Å². The second kappa shape index (κ2) is 9.08. The van der Waals surface area contributed by atoms with E-state index in [1.54, 1.807) is 6.92 Å². The van der Waals surface area contributed by atoms with Gasteiger partial charge >= 0.3 is 6.18 Å². The van der Waals surface area contributed by atoms with Crippen molar-refractivity contribution in [1.82, 2.24) is 9.55 Å². The summed E-state index contributed by atoms with van der Waals surface area (Å²) in [6, 6.07) is 8.65. The molecule has 1 aromatic carbocycles. The van der Waals surface area contributed by atoms with Gasteiger partial charge in [-0.3, -0.25) is 14.2 Å². The van der Waals surface area contributed by atoms with Gasteiger partial charge in [-0.1, -0.05) is 30.0 Å². The van der Waals surface area contributed by atoms with Crippen LogP contribution in [0, 0.1) is 0 Å². The quantitative estimate of drug-likeness (QED) is 0.265. The lowest BCUT2D eigenvalue weighted by molar-refractivity contribution is -0.137. The largest absolute Gasteiger partial charge is 0.418 e. The molecule has 0 aliphatic heterocycles. The van der Waals surface area contributed by atoms with Crippen LogP contribution in [-0.2, 0) is 17.5 Å². The second-order valence-corrected chi connectivity index (χ2v) is 9.38. The molecule has 0 unspecified atom stereocenters. The van der Waals surface area contributed by atoms with E-state index in [0.717, 1.165) is 28.3 Å². The van der Waals surface area contributed by atoms with Crippen molar-refractivity contribution in [3.63, 3.8) is 0 Å². The van der Waals surface area contributed by atoms with Gasteiger partial charge in [0.25, 0.3) is 5.56 Å². The van der Waals surface area contributed by atoms with Crippen molar-refractivity contribution in [3.05, 3.63) is 63.1 Å². The Kier molecular flexibility index (Phi) is 6.40. The van der Waals surface area contributed by atoms with Crippen LogP contribution < -0.4 is 10.9 Å². The summed E-state index contributed by atoms with van der Waals surface area (Å²) < 4.78 is 40.9. The number of rotatable bonds is 6. The fraction of sp³-hybridized carbons (Fsp3) is 0.190. The molecule has 0 aliphatic carbocycles. The number of hydrogen-bond acceptors (Lipinski definition) is 6. The molecule has 11 heteroatoms. The summed E-state index contributed by atoms with van der Waals surface area (Å²) in [7, 11) is 0. The summed E-state index contributed by atoms with van der Waals surface area (Å²) in [6.07, 6.45) is -4.58. The lowest BCUT2D eigenvalue weighted by Gasteiger charge is -2.14. The van der Waals surface area contributed by atoms with E-state index in [-0.39, 0.29) is 17.0 Å². The van der Waals surface area contributed by atoms with Crippen molar-refractivity contribution in [2.45, 2.75) is 24.8 Å². The first-order valence-corrected chi connectivity index (χ1v) is 12.2. The summed E-state index contributed by atoms with van der Waals surface area (Å²) in [4.78, 5) is 31.6. The number of carbonyl (C=O) groups is 1. The highest BCUT2D eigenvalue weighted by molar-refractivity contribution is 7.99. The van der Waals surface area contributed by atoms with Crippen LogP contribution in [0.4, 0.5) is 18.9 Å². The molecular formula is C21H16F3N3O2S3. The molecule has 3 aromatic heterocycles. The van der Waals surface area contributed by atoms with E-state index < -0.39 is 17.6 Å². The molecule has 0 bridgehead atoms. The average Bonchev–Trinajstić information content (AvgIpc) is 3.41. The number of fused-ring (bicyclic) bond motifs is 1. The van der Waals surface area contributed by atoms with E-state index in [9.17, 15) is 22.8 Å². The van der Waals surface area contributed by atoms with E-state index in [0.29, 0.717) is 21.9 Å². The van der Waals surface area contributed by atoms with Crippen LogP contribution >= 0.6 is 34.4 Å². The number of anilines is 1. The SMILES string of the molecule is CCn1c(SCC(=O)Nc2ccccc2C(F)(F)F)nc2scc(-c3cccs3)c2c1=O. The lowest BCUT2D eigenvalue weighted by Crippen LogP contribution is -2.23. The Morgan fingerprint density at radius 2 is 1.97 bits per heavy atom. The standard InChI is InChI=1S/C21H16F3N3O2S3/c1-2-27-19(29)17-12(15-8-5-9-30-15)10-31-18(17)26-20(27)32-11-16(28)25-14-7-4-3-6-13(14)21(22,23)24/h3-10H,2,11H2,1H3,(H,25,28). The summed E-state index contributed by atoms with van der Waals surface area (Å²) >= 11 is 3.89. The van der Waals surface area contributed by atoms with Crippen LogP contribution in [0.5, 0.6) is 0 Å². The number of aromatic nitrogens is 2. The zero-order valence-electron chi connectivity index (χ0n) is 16.6. The molecule has 1 N–H and O–H groups in total. The predicted octanol–water partition coefficient (Wildman–Crippen LogP) is 5.96. The van der Waals surface area contributed by atoms with Crippen LogP contribution in [0.15, 0.2) is 57.1 Å². The van der Waals surface area contributed by atoms with Crippen molar-refractivity contribution >= 4 is 56.2 Å². The molecule has 0 radical (unpaired) electrons. The van der Waals surface area contributed by atoms with Gasteiger partial charge in [-0.2, -0.15) is 13.2 Å². The van der Waals surface area contributed by atoms with Crippen molar-refractivity contribution < 1.29 is 18.0 Å². The van der Waals surface area contributed by atoms with E-state index in [1.165, 1.54) is 45.4 Å². The zero-order valence-corrected chi connectivity index (χ0v) is 19.1. The minimum Gasteiger partial charge on any atom is -0.325 e. The number of thioether (sulfide) groups is 1. The summed E-state index contributed by atoms with van der Waals surface area (Å²) in [6.45, 7) is 2.15. The molecule has 4 aromatic rings. The molecule has 32 heavy (non-hydrogen) atoms. The maximum atomic E-state index is 13.1. The minimum absolute atomic E-state index is 0.187. The molecule has 166 valence electrons. The number of alkyl halides is 3. The molecule has 5 nitrogen and oxygen atoms in total. The van der Waals surface area contributed by atoms with Crippen LogP contribution in [0.3, 0.4) is 0 Å². The smallest absolute Gasteiger partial charge is 0.325 e. The third-order valence-electron chi connectivity index (χ3n) is 4.60. The van der Waals surface area contributed by atoms with Gasteiger partial charge in [0.2, 0.25) is 5.91 Å². The summed E-state index contributed by atoms with van der Waals surface area (Å²) in [5, 5.41) is 7.02. The Bertz CT molecular complexity index is 1330. The number of amides is 1. The number of para-hydroxylation sites is 1. The van der Waals surface area contributed by atoms with Crippen LogP contribution in [-0.4, -0.2) is 21.2 Å². The highest BCUT2D eigenvalue weighted by Gasteiger charge is 2.33. The number of halogens is 3. The summed E-state index contributed by atoms with van der Waals surface area (Å²) in [5.41, 5.74) is -0.589. The number of hydrogen-bond donors (Lipinski definition) is 1. The fourth-order valence-electron chi connectivity index (χ4n) is 3.16.